The minimum absolute atomic E-state index is 0.300. The van der Waals surface area contributed by atoms with Crippen molar-refractivity contribution < 1.29 is 13.2 Å². The number of likely N-dealkylation sites (tertiary alicyclic amines) is 1. The van der Waals surface area contributed by atoms with Gasteiger partial charge in [-0.1, -0.05) is 48.0 Å². The van der Waals surface area contributed by atoms with E-state index in [0.29, 0.717) is 22.5 Å². The maximum Gasteiger partial charge on any atom is 0.175 e. The number of hydrogen-bond acceptors (Lipinski definition) is 6. The summed E-state index contributed by atoms with van der Waals surface area (Å²) in [5.41, 5.74) is 4.85. The molecule has 2 aromatic heterocycles. The molecule has 6 nitrogen and oxygen atoms in total. The average molecular weight is 604 g/mol. The Balaban J connectivity index is 1.36. The molecule has 0 spiro atoms. The first kappa shape index (κ1) is 27.7. The van der Waals surface area contributed by atoms with E-state index in [2.05, 4.69) is 35.2 Å². The van der Waals surface area contributed by atoms with Crippen LogP contribution in [0.4, 0.5) is 0 Å². The fraction of sp³-hybridized carbons (Fsp3) is 0.219. The molecule has 3 heterocycles. The number of methoxy groups -OCH3 is 1. The van der Waals surface area contributed by atoms with Gasteiger partial charge in [-0.3, -0.25) is 4.90 Å². The monoisotopic (exact) mass is 603 g/mol. The smallest absolute Gasteiger partial charge is 0.175 e. The van der Waals surface area contributed by atoms with Crippen LogP contribution in [0, 0.1) is 0 Å². The summed E-state index contributed by atoms with van der Waals surface area (Å²) in [7, 11) is -1.60. The summed E-state index contributed by atoms with van der Waals surface area (Å²) in [5, 5.41) is 5.69. The van der Waals surface area contributed by atoms with Crippen molar-refractivity contribution in [3.63, 3.8) is 0 Å². The van der Waals surface area contributed by atoms with Gasteiger partial charge in [0.15, 0.2) is 9.84 Å². The highest BCUT2D eigenvalue weighted by atomic mass is 35.5. The third-order valence-corrected chi connectivity index (χ3v) is 10.0. The number of rotatable bonds is 8. The summed E-state index contributed by atoms with van der Waals surface area (Å²) >= 11 is 8.26. The first-order valence-electron chi connectivity index (χ1n) is 13.4. The molecule has 0 bridgehead atoms. The van der Waals surface area contributed by atoms with Crippen LogP contribution >= 0.6 is 22.9 Å². The lowest BCUT2D eigenvalue weighted by Gasteiger charge is -2.24. The van der Waals surface area contributed by atoms with Crippen molar-refractivity contribution in [2.45, 2.75) is 30.3 Å². The number of thiophene rings is 1. The molecule has 41 heavy (non-hydrogen) atoms. The second kappa shape index (κ2) is 11.4. The van der Waals surface area contributed by atoms with Crippen LogP contribution in [0.5, 0.6) is 5.75 Å². The van der Waals surface area contributed by atoms with Crippen LogP contribution in [0.3, 0.4) is 0 Å². The molecule has 0 saturated carbocycles. The second-order valence-electron chi connectivity index (χ2n) is 10.3. The van der Waals surface area contributed by atoms with Crippen molar-refractivity contribution in [2.75, 3.05) is 19.9 Å². The van der Waals surface area contributed by atoms with E-state index in [0.717, 1.165) is 57.5 Å². The number of ether oxygens (including phenoxy) is 1. The number of hydrogen-bond donors (Lipinski definition) is 0. The topological polar surface area (TPSA) is 64.4 Å². The Kier molecular flexibility index (Phi) is 7.74. The molecular formula is C32H30ClN3O3S2. The zero-order chi connectivity index (χ0) is 28.6. The summed E-state index contributed by atoms with van der Waals surface area (Å²) in [5.74, 6) is 0.871. The zero-order valence-electron chi connectivity index (χ0n) is 22.8. The minimum Gasteiger partial charge on any atom is -0.497 e. The standard InChI is InChI=1S/C32H30ClN3O3S2/c1-39-25-10-5-8-22(18-25)28-14-7-17-35(28)21-24-20-30(36(34-24)29-13-4-3-12-27(29)33)32-16-15-31(40-32)23-9-6-11-26(19-23)41(2,37)38/h3-6,8-13,15-16,18-20,28H,7,14,17,21H2,1-2H3. The summed E-state index contributed by atoms with van der Waals surface area (Å²) in [6, 6.07) is 29.7. The van der Waals surface area contributed by atoms with Crippen molar-refractivity contribution in [2.24, 2.45) is 0 Å². The van der Waals surface area contributed by atoms with E-state index >= 15 is 0 Å². The Morgan fingerprint density at radius 2 is 1.78 bits per heavy atom. The molecule has 0 radical (unpaired) electrons. The lowest BCUT2D eigenvalue weighted by molar-refractivity contribution is 0.244. The quantitative estimate of drug-likeness (QED) is 0.182. The molecule has 9 heteroatoms. The van der Waals surface area contributed by atoms with Gasteiger partial charge in [-0.15, -0.1) is 11.3 Å². The molecular weight excluding hydrogens is 574 g/mol. The van der Waals surface area contributed by atoms with Crippen LogP contribution in [0.15, 0.2) is 95.9 Å². The van der Waals surface area contributed by atoms with Crippen LogP contribution < -0.4 is 4.74 Å². The molecule has 210 valence electrons. The van der Waals surface area contributed by atoms with E-state index in [1.807, 2.05) is 47.1 Å². The number of para-hydroxylation sites is 1. The number of halogens is 1. The number of benzene rings is 3. The Morgan fingerprint density at radius 3 is 2.59 bits per heavy atom. The largest absolute Gasteiger partial charge is 0.497 e. The van der Waals surface area contributed by atoms with Gasteiger partial charge in [-0.25, -0.2) is 13.1 Å². The van der Waals surface area contributed by atoms with Gasteiger partial charge in [0.05, 0.1) is 39.0 Å². The second-order valence-corrected chi connectivity index (χ2v) is 13.8. The van der Waals surface area contributed by atoms with E-state index < -0.39 is 9.84 Å². The molecule has 6 rings (SSSR count). The molecule has 1 aliphatic heterocycles. The van der Waals surface area contributed by atoms with Crippen molar-refractivity contribution in [1.29, 1.82) is 0 Å². The van der Waals surface area contributed by atoms with E-state index in [1.54, 1.807) is 36.6 Å². The van der Waals surface area contributed by atoms with Crippen LogP contribution in [-0.4, -0.2) is 43.0 Å². The van der Waals surface area contributed by atoms with Crippen molar-refractivity contribution >= 4 is 32.8 Å². The highest BCUT2D eigenvalue weighted by Gasteiger charge is 2.28. The number of nitrogens with zero attached hydrogens (tertiary/aromatic N) is 3. The molecule has 1 atom stereocenters. The molecule has 0 amide bonds. The summed E-state index contributed by atoms with van der Waals surface area (Å²) < 4.78 is 31.7. The molecule has 1 aliphatic rings. The predicted octanol–water partition coefficient (Wildman–Crippen LogP) is 7.67. The fourth-order valence-corrected chi connectivity index (χ4v) is 7.34. The third kappa shape index (κ3) is 5.83. The van der Waals surface area contributed by atoms with E-state index in [1.165, 1.54) is 11.8 Å². The van der Waals surface area contributed by atoms with Gasteiger partial charge in [0.25, 0.3) is 0 Å². The van der Waals surface area contributed by atoms with Crippen LogP contribution in [0.25, 0.3) is 26.7 Å². The van der Waals surface area contributed by atoms with Gasteiger partial charge in [0.2, 0.25) is 0 Å². The zero-order valence-corrected chi connectivity index (χ0v) is 25.2. The van der Waals surface area contributed by atoms with E-state index in [-0.39, 0.29) is 0 Å². The van der Waals surface area contributed by atoms with Gasteiger partial charge in [-0.2, -0.15) is 5.10 Å². The highest BCUT2D eigenvalue weighted by Crippen LogP contribution is 2.39. The first-order chi connectivity index (χ1) is 19.8. The van der Waals surface area contributed by atoms with Crippen LogP contribution in [0.1, 0.15) is 30.1 Å². The lowest BCUT2D eigenvalue weighted by atomic mass is 10.0. The molecule has 5 aromatic rings. The Labute approximate surface area is 249 Å². The maximum absolute atomic E-state index is 12.1. The number of sulfone groups is 1. The molecule has 0 N–H and O–H groups in total. The average Bonchev–Trinajstić information content (AvgIpc) is 3.73. The van der Waals surface area contributed by atoms with E-state index in [4.69, 9.17) is 21.4 Å². The molecule has 1 fully saturated rings. The molecule has 0 aliphatic carbocycles. The van der Waals surface area contributed by atoms with Gasteiger partial charge in [0.1, 0.15) is 5.75 Å². The van der Waals surface area contributed by atoms with Crippen molar-refractivity contribution in [3.8, 4) is 32.4 Å². The lowest BCUT2D eigenvalue weighted by Crippen LogP contribution is -2.23. The van der Waals surface area contributed by atoms with Gasteiger partial charge in [0, 0.05) is 23.7 Å². The fourth-order valence-electron chi connectivity index (χ4n) is 5.45. The Morgan fingerprint density at radius 1 is 0.976 bits per heavy atom. The van der Waals surface area contributed by atoms with Crippen LogP contribution in [0.2, 0.25) is 5.02 Å². The predicted molar refractivity (Wildman–Crippen MR) is 166 cm³/mol. The Bertz CT molecular complexity index is 1810. The van der Waals surface area contributed by atoms with Gasteiger partial charge < -0.3 is 4.74 Å². The SMILES string of the molecule is COc1cccc(C2CCCN2Cc2cc(-c3ccc(-c4cccc(S(C)(=O)=O)c4)s3)n(-c3ccccc3Cl)n2)c1. The maximum atomic E-state index is 12.1. The first-order valence-corrected chi connectivity index (χ1v) is 16.5. The Hall–Kier alpha value is -3.43. The number of aromatic nitrogens is 2. The van der Waals surface area contributed by atoms with Gasteiger partial charge in [-0.05, 0) is 85.1 Å². The van der Waals surface area contributed by atoms with Crippen molar-refractivity contribution in [3.05, 3.63) is 107 Å². The summed E-state index contributed by atoms with van der Waals surface area (Å²) in [4.78, 5) is 4.80. The van der Waals surface area contributed by atoms with Gasteiger partial charge >= 0.3 is 0 Å². The molecule has 3 aromatic carbocycles. The summed E-state index contributed by atoms with van der Waals surface area (Å²) in [6.07, 6.45) is 3.45. The van der Waals surface area contributed by atoms with Crippen LogP contribution in [-0.2, 0) is 16.4 Å². The highest BCUT2D eigenvalue weighted by molar-refractivity contribution is 7.90. The molecule has 1 saturated heterocycles. The van der Waals surface area contributed by atoms with Crippen molar-refractivity contribution in [1.82, 2.24) is 14.7 Å². The normalized spacial score (nSPS) is 15.8. The third-order valence-electron chi connectivity index (χ3n) is 7.45. The minimum atomic E-state index is -3.30. The molecule has 1 unspecified atom stereocenters. The summed E-state index contributed by atoms with van der Waals surface area (Å²) in [6.45, 7) is 1.71. The van der Waals surface area contributed by atoms with E-state index in [9.17, 15) is 8.42 Å².